The van der Waals surface area contributed by atoms with Crippen molar-refractivity contribution in [2.75, 3.05) is 26.4 Å². The van der Waals surface area contributed by atoms with Crippen LogP contribution in [0.15, 0.2) is 97.1 Å². The third-order valence-electron chi connectivity index (χ3n) is 7.60. The number of hydrogen-bond donors (Lipinski definition) is 12. The van der Waals surface area contributed by atoms with Crippen molar-refractivity contribution in [2.24, 2.45) is 5.41 Å². The maximum atomic E-state index is 10.2. The van der Waals surface area contributed by atoms with Crippen molar-refractivity contribution in [3.05, 3.63) is 119 Å². The molecule has 0 atom stereocenters. The number of rotatable bonds is 16. The minimum atomic E-state index is -1.11. The van der Waals surface area contributed by atoms with Crippen molar-refractivity contribution in [3.8, 4) is 23.0 Å². The van der Waals surface area contributed by atoms with Crippen LogP contribution >= 0.6 is 0 Å². The van der Waals surface area contributed by atoms with Crippen molar-refractivity contribution in [3.63, 3.8) is 0 Å². The van der Waals surface area contributed by atoms with Crippen LogP contribution in [0.5, 0.6) is 23.0 Å². The van der Waals surface area contributed by atoms with Gasteiger partial charge >= 0.3 is 23.9 Å². The molecule has 0 unspecified atom stereocenters. The lowest BCUT2D eigenvalue weighted by molar-refractivity contribution is -0.138. The maximum Gasteiger partial charge on any atom is 0.303 e. The fraction of sp³-hybridized carbons (Fsp3) is 0.317. The minimum Gasteiger partial charge on any atom is -0.508 e. The van der Waals surface area contributed by atoms with Crippen molar-refractivity contribution in [1.82, 2.24) is 0 Å². The Morgan fingerprint density at radius 1 is 0.333 bits per heavy atom. The molecule has 0 saturated heterocycles. The highest BCUT2D eigenvalue weighted by atomic mass is 16.4. The quantitative estimate of drug-likeness (QED) is 0.0770. The number of benzene rings is 4. The smallest absolute Gasteiger partial charge is 0.303 e. The summed E-state index contributed by atoms with van der Waals surface area (Å²) in [6, 6.07) is 26.2. The molecule has 0 radical (unpaired) electrons. The minimum absolute atomic E-state index is 0.130. The van der Waals surface area contributed by atoms with Gasteiger partial charge in [0.1, 0.15) is 23.0 Å². The molecular formula is C41H52O16. The molecule has 0 aliphatic rings. The van der Waals surface area contributed by atoms with Crippen LogP contribution in [-0.4, -0.2) is 112 Å². The summed E-state index contributed by atoms with van der Waals surface area (Å²) in [5, 5.41) is 103. The first-order chi connectivity index (χ1) is 27.0. The number of carbonyl (C=O) groups is 4. The monoisotopic (exact) mass is 800 g/mol. The first-order valence-corrected chi connectivity index (χ1v) is 17.4. The SMILES string of the molecule is O=C(O)CCc1ccc(O)cc1.O=C(O)CCc1ccc(O)cc1.O=C(O)CCc1ccc(O)cc1.O=C(O)CCc1ccc(O)cc1.OCC(CO)(CO)CO. The van der Waals surface area contributed by atoms with Crippen LogP contribution in [0.3, 0.4) is 0 Å². The Morgan fingerprint density at radius 2 is 0.491 bits per heavy atom. The summed E-state index contributed by atoms with van der Waals surface area (Å²) in [6.45, 7) is -1.62. The van der Waals surface area contributed by atoms with Crippen LogP contribution in [0, 0.1) is 5.41 Å². The fourth-order valence-corrected chi connectivity index (χ4v) is 3.96. The largest absolute Gasteiger partial charge is 0.508 e. The van der Waals surface area contributed by atoms with Crippen molar-refractivity contribution in [1.29, 1.82) is 0 Å². The molecule has 0 aromatic heterocycles. The second-order valence-corrected chi connectivity index (χ2v) is 12.4. The lowest BCUT2D eigenvalue weighted by atomic mass is 9.93. The van der Waals surface area contributed by atoms with Gasteiger partial charge in [-0.2, -0.15) is 0 Å². The summed E-state index contributed by atoms with van der Waals surface area (Å²) in [5.74, 6) is -2.40. The molecule has 12 N–H and O–H groups in total. The number of carboxylic acid groups (broad SMARTS) is 4. The maximum absolute atomic E-state index is 10.2. The summed E-state index contributed by atoms with van der Waals surface area (Å²) in [5.41, 5.74) is 2.59. The Hall–Kier alpha value is -6.20. The van der Waals surface area contributed by atoms with Gasteiger partial charge in [0.2, 0.25) is 0 Å². The van der Waals surface area contributed by atoms with Gasteiger partial charge in [-0.15, -0.1) is 0 Å². The summed E-state index contributed by atoms with van der Waals surface area (Å²) in [6.07, 6.45) is 2.56. The van der Waals surface area contributed by atoms with Crippen LogP contribution in [0.2, 0.25) is 0 Å². The molecule has 16 heteroatoms. The van der Waals surface area contributed by atoms with E-state index in [0.717, 1.165) is 22.3 Å². The number of aliphatic carboxylic acids is 4. The predicted octanol–water partition coefficient (Wildman–Crippen LogP) is 3.58. The van der Waals surface area contributed by atoms with Crippen molar-refractivity contribution < 1.29 is 80.5 Å². The second kappa shape index (κ2) is 29.1. The zero-order chi connectivity index (χ0) is 43.2. The average Bonchev–Trinajstić information content (AvgIpc) is 3.19. The van der Waals surface area contributed by atoms with Gasteiger partial charge in [0.05, 0.1) is 31.8 Å². The van der Waals surface area contributed by atoms with E-state index < -0.39 is 55.7 Å². The predicted molar refractivity (Wildman–Crippen MR) is 207 cm³/mol. The molecule has 57 heavy (non-hydrogen) atoms. The summed E-state index contributed by atoms with van der Waals surface area (Å²) in [4.78, 5) is 40.8. The first-order valence-electron chi connectivity index (χ1n) is 17.4. The topological polar surface area (TPSA) is 311 Å². The standard InChI is InChI=1S/4C9H10O3.C5H12O4/c4*10-8-4-1-7(2-5-8)3-6-9(11)12;6-1-5(2-7,3-8)4-9/h4*1-2,4-5,10H,3,6H2,(H,11,12);6-9H,1-4H2. The molecule has 0 bridgehead atoms. The van der Waals surface area contributed by atoms with Crippen LogP contribution in [-0.2, 0) is 44.9 Å². The van der Waals surface area contributed by atoms with Gasteiger partial charge in [-0.05, 0) is 96.5 Å². The van der Waals surface area contributed by atoms with Gasteiger partial charge in [-0.3, -0.25) is 19.2 Å². The summed E-state index contributed by atoms with van der Waals surface area (Å²) >= 11 is 0. The lowest BCUT2D eigenvalue weighted by Gasteiger charge is -2.23. The Bertz CT molecular complexity index is 1450. The third kappa shape index (κ3) is 26.3. The molecule has 0 aliphatic carbocycles. The van der Waals surface area contributed by atoms with Crippen molar-refractivity contribution in [2.45, 2.75) is 51.4 Å². The van der Waals surface area contributed by atoms with E-state index in [0.29, 0.717) is 25.7 Å². The number of aliphatic hydroxyl groups is 4. The molecule has 4 aromatic rings. The number of aryl methyl sites for hydroxylation is 4. The molecule has 16 nitrogen and oxygen atoms in total. The van der Waals surface area contributed by atoms with Gasteiger partial charge in [0.15, 0.2) is 0 Å². The zero-order valence-electron chi connectivity index (χ0n) is 31.2. The highest BCUT2D eigenvalue weighted by molar-refractivity contribution is 5.68. The normalized spacial score (nSPS) is 10.0. The summed E-state index contributed by atoms with van der Waals surface area (Å²) < 4.78 is 0. The number of carboxylic acids is 4. The van der Waals surface area contributed by atoms with E-state index in [1.54, 1.807) is 97.1 Å². The number of aromatic hydroxyl groups is 4. The van der Waals surface area contributed by atoms with Crippen LogP contribution in [0.25, 0.3) is 0 Å². The van der Waals surface area contributed by atoms with E-state index in [1.165, 1.54) is 0 Å². The Kier molecular flexibility index (Phi) is 26.0. The molecule has 312 valence electrons. The van der Waals surface area contributed by atoms with E-state index >= 15 is 0 Å². The molecule has 4 rings (SSSR count). The molecule has 0 amide bonds. The highest BCUT2D eigenvalue weighted by Gasteiger charge is 2.26. The van der Waals surface area contributed by atoms with Crippen LogP contribution in [0.1, 0.15) is 47.9 Å². The van der Waals surface area contributed by atoms with Gasteiger partial charge in [-0.25, -0.2) is 0 Å². The molecule has 0 spiro atoms. The molecule has 0 fully saturated rings. The van der Waals surface area contributed by atoms with Gasteiger partial charge in [0, 0.05) is 25.7 Å². The van der Waals surface area contributed by atoms with Crippen LogP contribution < -0.4 is 0 Å². The summed E-state index contributed by atoms with van der Waals surface area (Å²) in [7, 11) is 0. The van der Waals surface area contributed by atoms with Crippen molar-refractivity contribution >= 4 is 23.9 Å². The number of phenols is 4. The number of phenolic OH excluding ortho intramolecular Hbond substituents is 4. The number of aliphatic hydroxyl groups excluding tert-OH is 4. The molecular weight excluding hydrogens is 748 g/mol. The lowest BCUT2D eigenvalue weighted by Crippen LogP contribution is -2.37. The first kappa shape index (κ1) is 50.8. The fourth-order valence-electron chi connectivity index (χ4n) is 3.96. The second-order valence-electron chi connectivity index (χ2n) is 12.4. The number of hydrogen-bond acceptors (Lipinski definition) is 12. The van der Waals surface area contributed by atoms with Gasteiger partial charge in [0.25, 0.3) is 0 Å². The molecule has 0 aliphatic heterocycles. The Balaban J connectivity index is 0.000000691. The highest BCUT2D eigenvalue weighted by Crippen LogP contribution is 2.14. The van der Waals surface area contributed by atoms with E-state index in [1.807, 2.05) is 0 Å². The molecule has 0 heterocycles. The van der Waals surface area contributed by atoms with Gasteiger partial charge in [-0.1, -0.05) is 48.5 Å². The molecule has 0 saturated carbocycles. The Morgan fingerprint density at radius 3 is 0.596 bits per heavy atom. The van der Waals surface area contributed by atoms with E-state index in [2.05, 4.69) is 0 Å². The van der Waals surface area contributed by atoms with Gasteiger partial charge < -0.3 is 61.3 Å². The van der Waals surface area contributed by atoms with E-state index in [4.69, 9.17) is 61.3 Å². The molecule has 4 aromatic carbocycles. The third-order valence-corrected chi connectivity index (χ3v) is 7.60. The average molecular weight is 801 g/mol. The van der Waals surface area contributed by atoms with Crippen LogP contribution in [0.4, 0.5) is 0 Å². The zero-order valence-corrected chi connectivity index (χ0v) is 31.2. The van der Waals surface area contributed by atoms with E-state index in [9.17, 15) is 19.2 Å². The Labute approximate surface area is 329 Å². The van der Waals surface area contributed by atoms with E-state index in [-0.39, 0.29) is 48.7 Å².